The maximum absolute atomic E-state index is 11.5. The van der Waals surface area contributed by atoms with E-state index in [-0.39, 0.29) is 30.5 Å². The minimum atomic E-state index is -0.275. The highest BCUT2D eigenvalue weighted by molar-refractivity contribution is 5.76. The van der Waals surface area contributed by atoms with Gasteiger partial charge in [0.05, 0.1) is 13.7 Å². The van der Waals surface area contributed by atoms with Gasteiger partial charge in [-0.15, -0.1) is 0 Å². The van der Waals surface area contributed by atoms with Crippen LogP contribution in [0.1, 0.15) is 34.1 Å². The summed E-state index contributed by atoms with van der Waals surface area (Å²) in [5.41, 5.74) is 0. The molecule has 0 saturated carbocycles. The van der Waals surface area contributed by atoms with Crippen LogP contribution in [0.4, 0.5) is 0 Å². The van der Waals surface area contributed by atoms with Crippen LogP contribution in [0.3, 0.4) is 0 Å². The van der Waals surface area contributed by atoms with Crippen molar-refractivity contribution in [1.82, 2.24) is 10.2 Å². The van der Waals surface area contributed by atoms with E-state index in [1.54, 1.807) is 0 Å². The summed E-state index contributed by atoms with van der Waals surface area (Å²) in [4.78, 5) is 24.6. The van der Waals surface area contributed by atoms with Crippen LogP contribution in [-0.2, 0) is 14.3 Å². The predicted octanol–water partition coefficient (Wildman–Crippen LogP) is 0.785. The Morgan fingerprint density at radius 3 is 2.24 bits per heavy atom. The lowest BCUT2D eigenvalue weighted by Crippen LogP contribution is -2.39. The van der Waals surface area contributed by atoms with Crippen LogP contribution in [-0.4, -0.2) is 49.1 Å². The van der Waals surface area contributed by atoms with E-state index in [0.29, 0.717) is 13.0 Å². The summed E-state index contributed by atoms with van der Waals surface area (Å²) in [5, 5.41) is 2.82. The van der Waals surface area contributed by atoms with E-state index in [0.717, 1.165) is 0 Å². The number of hydrogen-bond donors (Lipinski definition) is 1. The summed E-state index contributed by atoms with van der Waals surface area (Å²) in [5.74, 6) is -0.265. The molecule has 0 aromatic heterocycles. The highest BCUT2D eigenvalue weighted by Gasteiger charge is 2.15. The second kappa shape index (κ2) is 8.06. The van der Waals surface area contributed by atoms with Crippen molar-refractivity contribution >= 4 is 11.9 Å². The Labute approximate surface area is 103 Å². The van der Waals surface area contributed by atoms with Crippen LogP contribution in [0.2, 0.25) is 0 Å². The molecular weight excluding hydrogens is 220 g/mol. The molecule has 0 rings (SSSR count). The number of methoxy groups -OCH3 is 1. The van der Waals surface area contributed by atoms with Gasteiger partial charge in [0, 0.05) is 25.0 Å². The van der Waals surface area contributed by atoms with E-state index in [1.165, 1.54) is 7.11 Å². The number of esters is 1. The van der Waals surface area contributed by atoms with Crippen LogP contribution < -0.4 is 5.32 Å². The van der Waals surface area contributed by atoms with E-state index >= 15 is 0 Å². The number of ether oxygens (including phenoxy) is 1. The number of hydrogen-bond acceptors (Lipinski definition) is 4. The molecule has 0 aromatic carbocycles. The van der Waals surface area contributed by atoms with Crippen molar-refractivity contribution in [1.29, 1.82) is 0 Å². The maximum atomic E-state index is 11.5. The Morgan fingerprint density at radius 1 is 1.24 bits per heavy atom. The quantitative estimate of drug-likeness (QED) is 0.673. The average Bonchev–Trinajstić information content (AvgIpc) is 2.22. The first-order chi connectivity index (χ1) is 7.86. The molecule has 0 atom stereocenters. The molecule has 0 radical (unpaired) electrons. The number of amides is 1. The van der Waals surface area contributed by atoms with Gasteiger partial charge in [-0.1, -0.05) is 0 Å². The molecule has 0 heterocycles. The van der Waals surface area contributed by atoms with Gasteiger partial charge in [0.15, 0.2) is 0 Å². The second-order valence-corrected chi connectivity index (χ2v) is 4.61. The fourth-order valence-electron chi connectivity index (χ4n) is 1.39. The molecule has 1 N–H and O–H groups in total. The van der Waals surface area contributed by atoms with Gasteiger partial charge in [-0.3, -0.25) is 14.5 Å². The molecular formula is C12H24N2O3. The van der Waals surface area contributed by atoms with Gasteiger partial charge in [0.25, 0.3) is 0 Å². The van der Waals surface area contributed by atoms with E-state index < -0.39 is 0 Å². The van der Waals surface area contributed by atoms with Gasteiger partial charge < -0.3 is 10.1 Å². The molecule has 17 heavy (non-hydrogen) atoms. The molecule has 100 valence electrons. The zero-order valence-corrected chi connectivity index (χ0v) is 11.4. The van der Waals surface area contributed by atoms with Crippen LogP contribution in [0.5, 0.6) is 0 Å². The summed E-state index contributed by atoms with van der Waals surface area (Å²) in [6.07, 6.45) is 0.396. The molecule has 0 spiro atoms. The molecule has 0 saturated heterocycles. The number of nitrogens with zero attached hydrogens (tertiary/aromatic N) is 1. The Kier molecular flexibility index (Phi) is 7.54. The average molecular weight is 244 g/mol. The minimum Gasteiger partial charge on any atom is -0.468 e. The van der Waals surface area contributed by atoms with E-state index in [9.17, 15) is 9.59 Å². The van der Waals surface area contributed by atoms with Gasteiger partial charge in [0.1, 0.15) is 0 Å². The minimum absolute atomic E-state index is 0.00974. The first-order valence-corrected chi connectivity index (χ1v) is 5.97. The van der Waals surface area contributed by atoms with Gasteiger partial charge in [0.2, 0.25) is 5.91 Å². The van der Waals surface area contributed by atoms with Crippen molar-refractivity contribution in [2.75, 3.05) is 20.2 Å². The molecule has 0 aliphatic heterocycles. The van der Waals surface area contributed by atoms with Crippen molar-refractivity contribution in [2.45, 2.75) is 46.2 Å². The lowest BCUT2D eigenvalue weighted by Gasteiger charge is -2.24. The smallest absolute Gasteiger partial charge is 0.319 e. The van der Waals surface area contributed by atoms with Crippen molar-refractivity contribution in [3.8, 4) is 0 Å². The summed E-state index contributed by atoms with van der Waals surface area (Å²) in [6, 6.07) is 0.358. The Balaban J connectivity index is 4.09. The van der Waals surface area contributed by atoms with Gasteiger partial charge in [-0.25, -0.2) is 0 Å². The van der Waals surface area contributed by atoms with Gasteiger partial charge >= 0.3 is 5.97 Å². The maximum Gasteiger partial charge on any atom is 0.319 e. The van der Waals surface area contributed by atoms with Crippen LogP contribution >= 0.6 is 0 Å². The fourth-order valence-corrected chi connectivity index (χ4v) is 1.39. The topological polar surface area (TPSA) is 58.6 Å². The van der Waals surface area contributed by atoms with Crippen LogP contribution in [0.15, 0.2) is 0 Å². The number of carbonyl (C=O) groups excluding carboxylic acids is 2. The summed E-state index contributed by atoms with van der Waals surface area (Å²) in [7, 11) is 1.37. The van der Waals surface area contributed by atoms with Gasteiger partial charge in [-0.05, 0) is 27.7 Å². The fraction of sp³-hybridized carbons (Fsp3) is 0.833. The summed E-state index contributed by atoms with van der Waals surface area (Å²) in [6.45, 7) is 8.61. The van der Waals surface area contributed by atoms with Crippen molar-refractivity contribution in [3.63, 3.8) is 0 Å². The predicted molar refractivity (Wildman–Crippen MR) is 66.6 cm³/mol. The molecule has 0 aliphatic carbocycles. The van der Waals surface area contributed by atoms with E-state index in [1.807, 2.05) is 32.6 Å². The second-order valence-electron chi connectivity index (χ2n) is 4.61. The number of rotatable bonds is 7. The van der Waals surface area contributed by atoms with Crippen molar-refractivity contribution in [3.05, 3.63) is 0 Å². The normalized spacial score (nSPS) is 11.1. The highest BCUT2D eigenvalue weighted by Crippen LogP contribution is 2.00. The highest BCUT2D eigenvalue weighted by atomic mass is 16.5. The summed E-state index contributed by atoms with van der Waals surface area (Å²) < 4.78 is 4.62. The van der Waals surface area contributed by atoms with E-state index in [2.05, 4.69) is 10.1 Å². The number of carbonyl (C=O) groups is 2. The first-order valence-electron chi connectivity index (χ1n) is 5.97. The monoisotopic (exact) mass is 244 g/mol. The Hall–Kier alpha value is -1.10. The van der Waals surface area contributed by atoms with E-state index in [4.69, 9.17) is 0 Å². The third-order valence-electron chi connectivity index (χ3n) is 2.37. The third-order valence-corrected chi connectivity index (χ3v) is 2.37. The van der Waals surface area contributed by atoms with Crippen LogP contribution in [0, 0.1) is 0 Å². The van der Waals surface area contributed by atoms with Crippen LogP contribution in [0.25, 0.3) is 0 Å². The largest absolute Gasteiger partial charge is 0.468 e. The van der Waals surface area contributed by atoms with Gasteiger partial charge in [-0.2, -0.15) is 0 Å². The summed E-state index contributed by atoms with van der Waals surface area (Å²) >= 11 is 0. The number of nitrogens with one attached hydrogen (secondary N) is 1. The molecule has 1 amide bonds. The molecule has 0 aliphatic rings. The molecule has 0 fully saturated rings. The standard InChI is InChI=1S/C12H24N2O3/c1-9(2)13-11(15)6-7-14(10(3)4)8-12(16)17-5/h9-10H,6-8H2,1-5H3,(H,13,15). The molecule has 5 nitrogen and oxygen atoms in total. The van der Waals surface area contributed by atoms with Crippen molar-refractivity contribution in [2.24, 2.45) is 0 Å². The first kappa shape index (κ1) is 15.9. The Bertz CT molecular complexity index is 252. The van der Waals surface area contributed by atoms with Crippen molar-refractivity contribution < 1.29 is 14.3 Å². The zero-order chi connectivity index (χ0) is 13.4. The molecule has 5 heteroatoms. The third kappa shape index (κ3) is 7.74. The molecule has 0 aromatic rings. The lowest BCUT2D eigenvalue weighted by atomic mass is 10.2. The molecule has 0 unspecified atom stereocenters. The SMILES string of the molecule is COC(=O)CN(CCC(=O)NC(C)C)C(C)C. The lowest BCUT2D eigenvalue weighted by molar-refractivity contribution is -0.142. The zero-order valence-electron chi connectivity index (χ0n) is 11.4. The Morgan fingerprint density at radius 2 is 1.82 bits per heavy atom. The molecule has 0 bridgehead atoms.